The smallest absolute Gasteiger partial charge is 0.223 e. The summed E-state index contributed by atoms with van der Waals surface area (Å²) in [5.41, 5.74) is 1.31. The maximum atomic E-state index is 14.6. The average molecular weight is 349 g/mol. The lowest BCUT2D eigenvalue weighted by atomic mass is 10.1. The summed E-state index contributed by atoms with van der Waals surface area (Å²) in [6.45, 7) is 1.87. The first-order valence-corrected chi connectivity index (χ1v) is 8.29. The van der Waals surface area contributed by atoms with Crippen LogP contribution in [0.3, 0.4) is 0 Å². The van der Waals surface area contributed by atoms with Gasteiger partial charge in [-0.05, 0) is 43.5 Å². The predicted molar refractivity (Wildman–Crippen MR) is 87.9 cm³/mol. The fourth-order valence-corrected chi connectivity index (χ4v) is 3.71. The Balaban J connectivity index is 1.95. The zero-order valence-electron chi connectivity index (χ0n) is 13.1. The van der Waals surface area contributed by atoms with E-state index in [2.05, 4.69) is 19.5 Å². The van der Waals surface area contributed by atoms with Gasteiger partial charge >= 0.3 is 0 Å². The van der Waals surface area contributed by atoms with Crippen molar-refractivity contribution in [2.45, 2.75) is 38.6 Å². The average Bonchev–Trinajstić information content (AvgIpc) is 3.16. The number of hydrogen-bond donors (Lipinski definition) is 0. The second-order valence-corrected chi connectivity index (χ2v) is 6.47. The topological polar surface area (TPSA) is 43.6 Å². The Hall–Kier alpha value is -2.08. The quantitative estimate of drug-likeness (QED) is 0.622. The van der Waals surface area contributed by atoms with Crippen LogP contribution >= 0.6 is 11.6 Å². The van der Waals surface area contributed by atoms with Gasteiger partial charge in [-0.1, -0.05) is 12.8 Å². The van der Waals surface area contributed by atoms with Gasteiger partial charge in [-0.15, -0.1) is 0 Å². The van der Waals surface area contributed by atoms with Gasteiger partial charge in [0.25, 0.3) is 0 Å². The summed E-state index contributed by atoms with van der Waals surface area (Å²) in [7, 11) is 0. The minimum Gasteiger partial charge on any atom is -0.325 e. The molecule has 124 valence electrons. The molecule has 0 N–H and O–H groups in total. The van der Waals surface area contributed by atoms with Crippen molar-refractivity contribution in [1.29, 1.82) is 0 Å². The summed E-state index contributed by atoms with van der Waals surface area (Å²) in [4.78, 5) is 11.9. The van der Waals surface area contributed by atoms with Crippen LogP contribution < -0.4 is 0 Å². The number of aromatic nitrogens is 4. The van der Waals surface area contributed by atoms with E-state index in [1.165, 1.54) is 6.07 Å². The van der Waals surface area contributed by atoms with Gasteiger partial charge in [-0.3, -0.25) is 0 Å². The number of aryl methyl sites for hydroxylation is 1. The van der Waals surface area contributed by atoms with Crippen molar-refractivity contribution in [3.05, 3.63) is 41.1 Å². The Morgan fingerprint density at radius 1 is 1.12 bits per heavy atom. The molecule has 0 saturated heterocycles. The lowest BCUT2D eigenvalue weighted by Crippen LogP contribution is -2.06. The number of halogens is 3. The summed E-state index contributed by atoms with van der Waals surface area (Å²) in [5.74, 6) is -0.354. The molecule has 3 aromatic rings. The first-order chi connectivity index (χ1) is 11.5. The number of imidazole rings is 1. The van der Waals surface area contributed by atoms with Crippen molar-refractivity contribution >= 4 is 22.6 Å². The minimum absolute atomic E-state index is 0.00683. The first kappa shape index (κ1) is 15.4. The highest BCUT2D eigenvalue weighted by molar-refractivity contribution is 6.28. The zero-order chi connectivity index (χ0) is 16.8. The van der Waals surface area contributed by atoms with E-state index in [4.69, 9.17) is 11.6 Å². The van der Waals surface area contributed by atoms with E-state index in [1.54, 1.807) is 6.07 Å². The van der Waals surface area contributed by atoms with E-state index in [0.717, 1.165) is 37.7 Å². The summed E-state index contributed by atoms with van der Waals surface area (Å²) in [5, 5.41) is -0.0765. The third kappa shape index (κ3) is 2.45. The monoisotopic (exact) mass is 348 g/mol. The van der Waals surface area contributed by atoms with Crippen molar-refractivity contribution < 1.29 is 8.78 Å². The third-order valence-corrected chi connectivity index (χ3v) is 4.79. The van der Waals surface area contributed by atoms with Gasteiger partial charge in [-0.2, -0.15) is 0 Å². The highest BCUT2D eigenvalue weighted by Crippen LogP contribution is 2.36. The molecule has 1 saturated carbocycles. The van der Waals surface area contributed by atoms with Gasteiger partial charge in [0.2, 0.25) is 5.28 Å². The second kappa shape index (κ2) is 5.77. The Bertz CT molecular complexity index is 932. The molecule has 4 rings (SSSR count). The maximum Gasteiger partial charge on any atom is 0.223 e. The second-order valence-electron chi connectivity index (χ2n) is 6.13. The van der Waals surface area contributed by atoms with Crippen LogP contribution in [0.1, 0.15) is 37.5 Å². The molecule has 0 bridgehead atoms. The van der Waals surface area contributed by atoms with Crippen LogP contribution in [0.5, 0.6) is 0 Å². The molecule has 0 amide bonds. The Labute approximate surface area is 142 Å². The number of benzene rings is 1. The number of hydrogen-bond acceptors (Lipinski definition) is 3. The maximum absolute atomic E-state index is 14.6. The summed E-state index contributed by atoms with van der Waals surface area (Å²) in [6.07, 6.45) is 5.40. The fraction of sp³-hybridized carbons (Fsp3) is 0.353. The molecule has 0 aliphatic heterocycles. The lowest BCUT2D eigenvalue weighted by Gasteiger charge is -2.15. The van der Waals surface area contributed by atoms with Crippen LogP contribution in [-0.2, 0) is 0 Å². The molecule has 2 aromatic heterocycles. The summed E-state index contributed by atoms with van der Waals surface area (Å²) >= 11 is 5.76. The van der Waals surface area contributed by atoms with E-state index in [-0.39, 0.29) is 11.0 Å². The van der Waals surface area contributed by atoms with Gasteiger partial charge < -0.3 is 4.57 Å². The van der Waals surface area contributed by atoms with E-state index in [1.807, 2.05) is 6.92 Å². The van der Waals surface area contributed by atoms with E-state index in [0.29, 0.717) is 22.6 Å². The van der Waals surface area contributed by atoms with Crippen LogP contribution in [-0.4, -0.2) is 19.5 Å². The Morgan fingerprint density at radius 2 is 1.88 bits per heavy atom. The molecule has 0 unspecified atom stereocenters. The predicted octanol–water partition coefficient (Wildman–Crippen LogP) is 4.85. The van der Waals surface area contributed by atoms with Crippen molar-refractivity contribution in [2.24, 2.45) is 0 Å². The zero-order valence-corrected chi connectivity index (χ0v) is 13.8. The molecule has 24 heavy (non-hydrogen) atoms. The molecule has 1 aliphatic carbocycles. The SMILES string of the molecule is Cc1nc2c(F)cc(-c3nc(Cl)ncc3F)cc2n1C1CCCC1. The largest absolute Gasteiger partial charge is 0.325 e. The van der Waals surface area contributed by atoms with E-state index in [9.17, 15) is 8.78 Å². The van der Waals surface area contributed by atoms with Gasteiger partial charge in [0.1, 0.15) is 17.0 Å². The number of nitrogens with zero attached hydrogens (tertiary/aromatic N) is 4. The van der Waals surface area contributed by atoms with Crippen LogP contribution in [0.2, 0.25) is 5.28 Å². The van der Waals surface area contributed by atoms with E-state index < -0.39 is 11.6 Å². The van der Waals surface area contributed by atoms with Crippen LogP contribution in [0, 0.1) is 18.6 Å². The van der Waals surface area contributed by atoms with Crippen molar-refractivity contribution in [2.75, 3.05) is 0 Å². The van der Waals surface area contributed by atoms with Crippen molar-refractivity contribution in [1.82, 2.24) is 19.5 Å². The molecule has 0 atom stereocenters. The first-order valence-electron chi connectivity index (χ1n) is 7.91. The van der Waals surface area contributed by atoms with Gasteiger partial charge in [-0.25, -0.2) is 23.7 Å². The Morgan fingerprint density at radius 3 is 2.62 bits per heavy atom. The van der Waals surface area contributed by atoms with E-state index >= 15 is 0 Å². The Kier molecular flexibility index (Phi) is 3.72. The van der Waals surface area contributed by atoms with Crippen LogP contribution in [0.15, 0.2) is 18.3 Å². The molecule has 7 heteroatoms. The highest BCUT2D eigenvalue weighted by Gasteiger charge is 2.23. The van der Waals surface area contributed by atoms with Crippen molar-refractivity contribution in [3.63, 3.8) is 0 Å². The fourth-order valence-electron chi connectivity index (χ4n) is 3.58. The lowest BCUT2D eigenvalue weighted by molar-refractivity contribution is 0.520. The molecular weight excluding hydrogens is 334 g/mol. The normalized spacial score (nSPS) is 15.5. The highest BCUT2D eigenvalue weighted by atomic mass is 35.5. The van der Waals surface area contributed by atoms with Crippen LogP contribution in [0.25, 0.3) is 22.3 Å². The van der Waals surface area contributed by atoms with Crippen molar-refractivity contribution in [3.8, 4) is 11.3 Å². The molecule has 1 aliphatic rings. The molecule has 1 aromatic carbocycles. The van der Waals surface area contributed by atoms with Gasteiger partial charge in [0.15, 0.2) is 11.6 Å². The molecule has 0 spiro atoms. The molecule has 0 radical (unpaired) electrons. The third-order valence-electron chi connectivity index (χ3n) is 4.60. The number of rotatable bonds is 2. The molecule has 4 nitrogen and oxygen atoms in total. The summed E-state index contributed by atoms with van der Waals surface area (Å²) in [6, 6.07) is 3.29. The molecule has 1 fully saturated rings. The standard InChI is InChI=1S/C17H15ClF2N4/c1-9-22-16-12(19)6-10(15-13(20)8-21-17(18)23-15)7-14(16)24(9)11-4-2-3-5-11/h6-8,11H,2-5H2,1H3. The molecule has 2 heterocycles. The molecular formula is C17H15ClF2N4. The van der Waals surface area contributed by atoms with Gasteiger partial charge in [0.05, 0.1) is 11.7 Å². The number of fused-ring (bicyclic) bond motifs is 1. The van der Waals surface area contributed by atoms with Crippen LogP contribution in [0.4, 0.5) is 8.78 Å². The summed E-state index contributed by atoms with van der Waals surface area (Å²) < 4.78 is 30.7. The van der Waals surface area contributed by atoms with Gasteiger partial charge in [0, 0.05) is 11.6 Å². The minimum atomic E-state index is -0.637.